The summed E-state index contributed by atoms with van der Waals surface area (Å²) in [6.07, 6.45) is 2.42. The Morgan fingerprint density at radius 2 is 1.84 bits per heavy atom. The number of azide groups is 1. The molecule has 0 radical (unpaired) electrons. The van der Waals surface area contributed by atoms with Gasteiger partial charge in [-0.3, -0.25) is 14.3 Å². The van der Waals surface area contributed by atoms with Crippen LogP contribution in [0.15, 0.2) is 58.6 Å². The number of benzene rings is 1. The van der Waals surface area contributed by atoms with E-state index in [9.17, 15) is 9.59 Å². The van der Waals surface area contributed by atoms with Crippen LogP contribution in [0.3, 0.4) is 0 Å². The van der Waals surface area contributed by atoms with E-state index in [0.717, 1.165) is 11.4 Å². The summed E-state index contributed by atoms with van der Waals surface area (Å²) in [7, 11) is 0. The molecule has 0 unspecified atom stereocenters. The smallest absolute Gasteiger partial charge is 0.319 e. The van der Waals surface area contributed by atoms with Crippen LogP contribution in [0.5, 0.6) is 0 Å². The molecule has 2 aromatic rings. The van der Waals surface area contributed by atoms with E-state index < -0.39 is 0 Å². The third kappa shape index (κ3) is 2.53. The van der Waals surface area contributed by atoms with Gasteiger partial charge in [0.2, 0.25) is 0 Å². The third-order valence-corrected chi connectivity index (χ3v) is 4.82. The number of anilines is 1. The molecule has 0 spiro atoms. The molecule has 0 bridgehead atoms. The maximum atomic E-state index is 12.6. The van der Waals surface area contributed by atoms with Crippen molar-refractivity contribution in [2.75, 3.05) is 18.0 Å². The molecule has 0 N–H and O–H groups in total. The Balaban J connectivity index is 1.59. The first-order valence-electron chi connectivity index (χ1n) is 8.09. The zero-order valence-corrected chi connectivity index (χ0v) is 13.4. The van der Waals surface area contributed by atoms with E-state index in [1.54, 1.807) is 32.7 Å². The Morgan fingerprint density at radius 1 is 1.08 bits per heavy atom. The fourth-order valence-corrected chi connectivity index (χ4v) is 3.57. The van der Waals surface area contributed by atoms with E-state index in [2.05, 4.69) is 10.0 Å². The van der Waals surface area contributed by atoms with Crippen molar-refractivity contribution in [2.45, 2.75) is 18.5 Å². The average Bonchev–Trinajstić information content (AvgIpc) is 3.17. The number of carbonyl (C=O) groups excluding carboxylic acids is 1. The van der Waals surface area contributed by atoms with Gasteiger partial charge in [0.1, 0.15) is 0 Å². The molecular formula is C17H16N6O2. The van der Waals surface area contributed by atoms with Crippen LogP contribution in [0.2, 0.25) is 0 Å². The lowest BCUT2D eigenvalue weighted by Crippen LogP contribution is -2.32. The molecule has 0 aliphatic carbocycles. The second-order valence-corrected chi connectivity index (χ2v) is 6.14. The van der Waals surface area contributed by atoms with E-state index in [4.69, 9.17) is 5.53 Å². The minimum absolute atomic E-state index is 0.0646. The first-order chi connectivity index (χ1) is 12.2. The summed E-state index contributed by atoms with van der Waals surface area (Å²) in [5.41, 5.74) is 10.1. The van der Waals surface area contributed by atoms with Gasteiger partial charge in [-0.05, 0) is 42.3 Å². The quantitative estimate of drug-likeness (QED) is 0.489. The zero-order chi connectivity index (χ0) is 17.4. The SMILES string of the molecule is [N-]=[N+]=N[C@@H]1CCN2C(=O)N(c3ccc(-n4ccccc4=O)cc3)C[C@H]12. The van der Waals surface area contributed by atoms with Crippen LogP contribution in [0.4, 0.5) is 10.5 Å². The van der Waals surface area contributed by atoms with Gasteiger partial charge < -0.3 is 4.90 Å². The van der Waals surface area contributed by atoms with Gasteiger partial charge in [0.15, 0.2) is 0 Å². The Morgan fingerprint density at radius 3 is 2.56 bits per heavy atom. The van der Waals surface area contributed by atoms with Gasteiger partial charge >= 0.3 is 6.03 Å². The predicted molar refractivity (Wildman–Crippen MR) is 92.8 cm³/mol. The van der Waals surface area contributed by atoms with E-state index in [0.29, 0.717) is 19.5 Å². The highest BCUT2D eigenvalue weighted by Gasteiger charge is 2.45. The van der Waals surface area contributed by atoms with Crippen molar-refractivity contribution in [3.05, 3.63) is 69.5 Å². The summed E-state index contributed by atoms with van der Waals surface area (Å²) < 4.78 is 1.55. The predicted octanol–water partition coefficient (Wildman–Crippen LogP) is 2.53. The first-order valence-corrected chi connectivity index (χ1v) is 8.09. The molecule has 0 saturated carbocycles. The van der Waals surface area contributed by atoms with E-state index in [-0.39, 0.29) is 23.7 Å². The topological polar surface area (TPSA) is 94.3 Å². The monoisotopic (exact) mass is 336 g/mol. The fraction of sp³-hybridized carbons (Fsp3) is 0.294. The second-order valence-electron chi connectivity index (χ2n) is 6.14. The highest BCUT2D eigenvalue weighted by molar-refractivity contribution is 5.95. The van der Waals surface area contributed by atoms with Crippen molar-refractivity contribution in [1.82, 2.24) is 9.47 Å². The van der Waals surface area contributed by atoms with Crippen LogP contribution in [0.25, 0.3) is 16.1 Å². The van der Waals surface area contributed by atoms with Crippen molar-refractivity contribution in [2.24, 2.45) is 5.11 Å². The number of aromatic nitrogens is 1. The highest BCUT2D eigenvalue weighted by atomic mass is 16.2. The molecule has 1 aromatic heterocycles. The molecule has 2 fully saturated rings. The number of urea groups is 1. The zero-order valence-electron chi connectivity index (χ0n) is 13.4. The number of rotatable bonds is 3. The highest BCUT2D eigenvalue weighted by Crippen LogP contribution is 2.32. The Labute approximate surface area is 143 Å². The van der Waals surface area contributed by atoms with Crippen LogP contribution < -0.4 is 10.5 Å². The maximum Gasteiger partial charge on any atom is 0.324 e. The minimum Gasteiger partial charge on any atom is -0.319 e. The number of amides is 2. The van der Waals surface area contributed by atoms with Crippen molar-refractivity contribution in [3.63, 3.8) is 0 Å². The lowest BCUT2D eigenvalue weighted by atomic mass is 10.1. The number of nitrogens with zero attached hydrogens (tertiary/aromatic N) is 6. The fourth-order valence-electron chi connectivity index (χ4n) is 3.57. The van der Waals surface area contributed by atoms with E-state index in [1.807, 2.05) is 24.3 Å². The number of pyridine rings is 1. The molecule has 2 saturated heterocycles. The average molecular weight is 336 g/mol. The van der Waals surface area contributed by atoms with E-state index in [1.165, 1.54) is 6.07 Å². The maximum absolute atomic E-state index is 12.6. The van der Waals surface area contributed by atoms with Gasteiger partial charge in [0.05, 0.1) is 12.1 Å². The summed E-state index contributed by atoms with van der Waals surface area (Å²) in [5, 5.41) is 3.81. The van der Waals surface area contributed by atoms with Gasteiger partial charge in [-0.2, -0.15) is 0 Å². The van der Waals surface area contributed by atoms with Crippen LogP contribution in [0.1, 0.15) is 6.42 Å². The molecule has 8 nitrogen and oxygen atoms in total. The van der Waals surface area contributed by atoms with Crippen molar-refractivity contribution in [1.29, 1.82) is 0 Å². The molecule has 2 amide bonds. The molecule has 2 aliphatic heterocycles. The lowest BCUT2D eigenvalue weighted by molar-refractivity contribution is 0.218. The Kier molecular flexibility index (Phi) is 3.66. The van der Waals surface area contributed by atoms with Crippen molar-refractivity contribution >= 4 is 11.7 Å². The largest absolute Gasteiger partial charge is 0.324 e. The normalized spacial score (nSPS) is 22.0. The number of carbonyl (C=O) groups is 1. The van der Waals surface area contributed by atoms with Gasteiger partial charge in [-0.15, -0.1) is 0 Å². The Bertz CT molecular complexity index is 915. The van der Waals surface area contributed by atoms with Crippen LogP contribution in [-0.4, -0.2) is 40.7 Å². The van der Waals surface area contributed by atoms with Gasteiger partial charge in [-0.25, -0.2) is 4.79 Å². The van der Waals surface area contributed by atoms with Crippen molar-refractivity contribution < 1.29 is 4.79 Å². The van der Waals surface area contributed by atoms with E-state index >= 15 is 0 Å². The van der Waals surface area contributed by atoms with Gasteiger partial charge in [-0.1, -0.05) is 11.2 Å². The summed E-state index contributed by atoms with van der Waals surface area (Å²) >= 11 is 0. The van der Waals surface area contributed by atoms with Crippen LogP contribution in [-0.2, 0) is 0 Å². The molecule has 2 aliphatic rings. The summed E-state index contributed by atoms with van der Waals surface area (Å²) in [4.78, 5) is 30.9. The van der Waals surface area contributed by atoms with Crippen molar-refractivity contribution in [3.8, 4) is 5.69 Å². The molecule has 4 rings (SSSR count). The lowest BCUT2D eigenvalue weighted by Gasteiger charge is -2.18. The summed E-state index contributed by atoms with van der Waals surface area (Å²) in [6.45, 7) is 1.12. The summed E-state index contributed by atoms with van der Waals surface area (Å²) in [5.74, 6) is 0. The number of hydrogen-bond donors (Lipinski definition) is 0. The molecule has 2 atom stereocenters. The molecule has 25 heavy (non-hydrogen) atoms. The first kappa shape index (κ1) is 15.3. The van der Waals surface area contributed by atoms with Crippen LogP contribution in [0, 0.1) is 0 Å². The second kappa shape index (κ2) is 5.99. The summed E-state index contributed by atoms with van der Waals surface area (Å²) in [6, 6.07) is 12.0. The Hall–Kier alpha value is -3.25. The minimum atomic E-state index is -0.166. The standard InChI is InChI=1S/C17H16N6O2/c18-20-19-14-8-10-22-15(14)11-23(17(22)25)13-6-4-12(5-7-13)21-9-2-1-3-16(21)24/h1-7,9,14-15H,8,10-11H2/t14-,15-/m1/s1. The number of fused-ring (bicyclic) bond motifs is 1. The molecule has 1 aromatic carbocycles. The van der Waals surface area contributed by atoms with Gasteiger partial charge in [0, 0.05) is 41.6 Å². The third-order valence-electron chi connectivity index (χ3n) is 4.82. The molecule has 3 heterocycles. The number of hydrogen-bond acceptors (Lipinski definition) is 3. The van der Waals surface area contributed by atoms with Gasteiger partial charge in [0.25, 0.3) is 5.56 Å². The molecule has 8 heteroatoms. The molecule has 126 valence electrons. The molecular weight excluding hydrogens is 320 g/mol. The van der Waals surface area contributed by atoms with Crippen LogP contribution >= 0.6 is 0 Å².